The average Bonchev–Trinajstić information content (AvgIpc) is 3.38. The summed E-state index contributed by atoms with van der Waals surface area (Å²) in [6, 6.07) is 10.1. The Labute approximate surface area is 233 Å². The Kier molecular flexibility index (Phi) is 9.67. The molecule has 1 atom stereocenters. The first-order valence-electron chi connectivity index (χ1n) is 12.1. The minimum absolute atomic E-state index is 0.0151. The van der Waals surface area contributed by atoms with E-state index in [0.29, 0.717) is 11.1 Å². The second-order valence-corrected chi connectivity index (χ2v) is 9.23. The van der Waals surface area contributed by atoms with Crippen molar-refractivity contribution in [1.82, 2.24) is 20.0 Å². The fourth-order valence-corrected chi connectivity index (χ4v) is 3.23. The molecule has 41 heavy (non-hydrogen) atoms. The minimum Gasteiger partial charge on any atom is -0.473 e. The van der Waals surface area contributed by atoms with Gasteiger partial charge in [-0.2, -0.15) is 18.4 Å². The Morgan fingerprint density at radius 1 is 1.17 bits per heavy atom. The summed E-state index contributed by atoms with van der Waals surface area (Å²) in [6.07, 6.45) is -4.30. The molecule has 2 aromatic heterocycles. The lowest BCUT2D eigenvalue weighted by molar-refractivity contribution is -0.155. The largest absolute Gasteiger partial charge is 0.510 e. The third-order valence-electron chi connectivity index (χ3n) is 5.41. The second-order valence-electron chi connectivity index (χ2n) is 9.23. The van der Waals surface area contributed by atoms with Gasteiger partial charge in [-0.3, -0.25) is 4.79 Å². The number of halogens is 3. The number of hydrogen-bond donors (Lipinski definition) is 0. The maximum absolute atomic E-state index is 12.9. The van der Waals surface area contributed by atoms with Crippen molar-refractivity contribution in [3.8, 4) is 23.2 Å². The van der Waals surface area contributed by atoms with Crippen LogP contribution in [0.25, 0.3) is 11.3 Å². The number of nitrogens with zero attached hydrogens (tertiary/aromatic N) is 5. The van der Waals surface area contributed by atoms with Crippen molar-refractivity contribution in [2.24, 2.45) is 5.41 Å². The summed E-state index contributed by atoms with van der Waals surface area (Å²) in [5.41, 5.74) is -0.911. The van der Waals surface area contributed by atoms with Crippen LogP contribution >= 0.6 is 0 Å². The van der Waals surface area contributed by atoms with E-state index >= 15 is 0 Å². The third kappa shape index (κ3) is 8.28. The number of nitriles is 1. The number of pyridine rings is 1. The van der Waals surface area contributed by atoms with Gasteiger partial charge in [0.1, 0.15) is 31.6 Å². The van der Waals surface area contributed by atoms with Gasteiger partial charge in [0.15, 0.2) is 5.69 Å². The first-order chi connectivity index (χ1) is 19.3. The number of esters is 1. The van der Waals surface area contributed by atoms with Gasteiger partial charge in [-0.15, -0.1) is 15.0 Å². The van der Waals surface area contributed by atoms with E-state index in [2.05, 4.69) is 21.8 Å². The summed E-state index contributed by atoms with van der Waals surface area (Å²) in [6.45, 7) is 7.56. The van der Waals surface area contributed by atoms with E-state index in [1.54, 1.807) is 24.3 Å². The average molecular weight is 574 g/mol. The first kappa shape index (κ1) is 30.6. The van der Waals surface area contributed by atoms with Crippen molar-refractivity contribution < 1.29 is 41.7 Å². The van der Waals surface area contributed by atoms with Crippen molar-refractivity contribution in [2.75, 3.05) is 13.2 Å². The molecule has 0 aliphatic rings. The Bertz CT molecular complexity index is 1450. The molecule has 3 rings (SSSR count). The monoisotopic (exact) mass is 573 g/mol. The van der Waals surface area contributed by atoms with Gasteiger partial charge >= 0.3 is 18.3 Å². The van der Waals surface area contributed by atoms with E-state index in [1.807, 2.05) is 6.07 Å². The van der Waals surface area contributed by atoms with Crippen LogP contribution in [0.5, 0.6) is 5.88 Å². The lowest BCUT2D eigenvalue weighted by Crippen LogP contribution is -2.33. The van der Waals surface area contributed by atoms with Gasteiger partial charge in [0.05, 0.1) is 11.0 Å². The standard InChI is InChI=1S/C27H26F3N5O6/c1-5-11-38-24(36)26(3,4)16-40-25(37)41-17(2)35-33-21(14-31)23(34-35)19-8-6-7-18(12-19)15-39-22-13-20(9-10-32-22)27(28,29)30/h5-10,12-13,17H,1,11,15-16H2,2-4H3. The van der Waals surface area contributed by atoms with Gasteiger partial charge in [-0.05, 0) is 38.5 Å². The fraction of sp³-hybridized carbons (Fsp3) is 0.333. The summed E-state index contributed by atoms with van der Waals surface area (Å²) in [5.74, 6) is -0.794. The SMILES string of the molecule is C=CCOC(=O)C(C)(C)COC(=O)OC(C)n1nc(C#N)c(-c2cccc(COc3cc(C(F)(F)F)ccn3)c2)n1. The zero-order valence-corrected chi connectivity index (χ0v) is 22.3. The van der Waals surface area contributed by atoms with Crippen LogP contribution in [-0.2, 0) is 31.8 Å². The number of carbonyl (C=O) groups is 2. The van der Waals surface area contributed by atoms with Crippen LogP contribution < -0.4 is 4.74 Å². The fourth-order valence-electron chi connectivity index (χ4n) is 3.23. The van der Waals surface area contributed by atoms with Crippen molar-refractivity contribution in [2.45, 2.75) is 39.8 Å². The number of ether oxygens (including phenoxy) is 4. The lowest BCUT2D eigenvalue weighted by Gasteiger charge is -2.22. The number of rotatable bonds is 11. The molecule has 0 radical (unpaired) electrons. The van der Waals surface area contributed by atoms with Gasteiger partial charge < -0.3 is 18.9 Å². The van der Waals surface area contributed by atoms with Crippen molar-refractivity contribution in [1.29, 1.82) is 5.26 Å². The third-order valence-corrected chi connectivity index (χ3v) is 5.41. The van der Waals surface area contributed by atoms with E-state index in [0.717, 1.165) is 23.1 Å². The van der Waals surface area contributed by atoms with E-state index in [1.165, 1.54) is 26.8 Å². The highest BCUT2D eigenvalue weighted by Crippen LogP contribution is 2.31. The zero-order valence-electron chi connectivity index (χ0n) is 22.3. The number of benzene rings is 1. The zero-order chi connectivity index (χ0) is 30.2. The maximum atomic E-state index is 12.9. The highest BCUT2D eigenvalue weighted by Gasteiger charge is 2.32. The molecule has 14 heteroatoms. The van der Waals surface area contributed by atoms with Crippen LogP contribution in [0.4, 0.5) is 18.0 Å². The second kappa shape index (κ2) is 12.9. The minimum atomic E-state index is -4.53. The molecule has 2 heterocycles. The molecule has 3 aromatic rings. The summed E-state index contributed by atoms with van der Waals surface area (Å²) < 4.78 is 59.5. The highest BCUT2D eigenvalue weighted by molar-refractivity contribution is 5.76. The molecule has 216 valence electrons. The van der Waals surface area contributed by atoms with Crippen LogP contribution in [0.15, 0.2) is 55.3 Å². The molecule has 0 spiro atoms. The molecule has 0 aliphatic heterocycles. The van der Waals surface area contributed by atoms with Gasteiger partial charge in [-0.1, -0.05) is 30.9 Å². The molecule has 0 N–H and O–H groups in total. The first-order valence-corrected chi connectivity index (χ1v) is 12.1. The van der Waals surface area contributed by atoms with Crippen LogP contribution in [-0.4, -0.2) is 45.3 Å². The quantitative estimate of drug-likeness (QED) is 0.221. The predicted molar refractivity (Wildman–Crippen MR) is 136 cm³/mol. The Hall–Kier alpha value is -4.93. The summed E-state index contributed by atoms with van der Waals surface area (Å²) >= 11 is 0. The normalized spacial score (nSPS) is 12.1. The predicted octanol–water partition coefficient (Wildman–Crippen LogP) is 5.24. The van der Waals surface area contributed by atoms with E-state index in [9.17, 15) is 28.0 Å². The summed E-state index contributed by atoms with van der Waals surface area (Å²) in [5, 5.41) is 17.9. The molecule has 0 amide bonds. The molecule has 11 nitrogen and oxygen atoms in total. The number of carbonyl (C=O) groups excluding carboxylic acids is 2. The molecule has 1 aromatic carbocycles. The van der Waals surface area contributed by atoms with E-state index in [-0.39, 0.29) is 37.1 Å². The summed E-state index contributed by atoms with van der Waals surface area (Å²) in [4.78, 5) is 29.1. The van der Waals surface area contributed by atoms with E-state index in [4.69, 9.17) is 18.9 Å². The van der Waals surface area contributed by atoms with Crippen LogP contribution in [0, 0.1) is 16.7 Å². The highest BCUT2D eigenvalue weighted by atomic mass is 19.4. The van der Waals surface area contributed by atoms with Crippen molar-refractivity contribution in [3.63, 3.8) is 0 Å². The molecule has 0 fully saturated rings. The van der Waals surface area contributed by atoms with Gasteiger partial charge in [0, 0.05) is 17.8 Å². The lowest BCUT2D eigenvalue weighted by atomic mass is 9.95. The van der Waals surface area contributed by atoms with Crippen LogP contribution in [0.1, 0.15) is 43.8 Å². The Balaban J connectivity index is 1.67. The molecule has 0 bridgehead atoms. The van der Waals surface area contributed by atoms with E-state index < -0.39 is 35.5 Å². The smallest absolute Gasteiger partial charge is 0.473 e. The molecule has 1 unspecified atom stereocenters. The number of alkyl halides is 3. The molecular formula is C27H26F3N5O6. The van der Waals surface area contributed by atoms with Crippen molar-refractivity contribution >= 4 is 12.1 Å². The van der Waals surface area contributed by atoms with Crippen molar-refractivity contribution in [3.05, 3.63) is 72.1 Å². The Morgan fingerprint density at radius 2 is 1.93 bits per heavy atom. The molecule has 0 saturated heterocycles. The maximum Gasteiger partial charge on any atom is 0.510 e. The Morgan fingerprint density at radius 3 is 2.61 bits per heavy atom. The molecule has 0 saturated carbocycles. The topological polar surface area (TPSA) is 138 Å². The summed E-state index contributed by atoms with van der Waals surface area (Å²) in [7, 11) is 0. The van der Waals surface area contributed by atoms with Crippen LogP contribution in [0.3, 0.4) is 0 Å². The number of aromatic nitrogens is 4. The van der Waals surface area contributed by atoms with Gasteiger partial charge in [0.25, 0.3) is 0 Å². The van der Waals surface area contributed by atoms with Crippen LogP contribution in [0.2, 0.25) is 0 Å². The molecule has 0 aliphatic carbocycles. The molecular weight excluding hydrogens is 547 g/mol. The van der Waals surface area contributed by atoms with Gasteiger partial charge in [0.2, 0.25) is 12.1 Å². The van der Waals surface area contributed by atoms with Gasteiger partial charge in [-0.25, -0.2) is 9.78 Å². The number of hydrogen-bond acceptors (Lipinski definition) is 10.